The van der Waals surface area contributed by atoms with Crippen LogP contribution >= 0.6 is 22.6 Å². The number of nitrogens with zero attached hydrogens (tertiary/aromatic N) is 1. The maximum absolute atomic E-state index is 11.8. The molecule has 0 bridgehead atoms. The predicted octanol–water partition coefficient (Wildman–Crippen LogP) is 1.91. The van der Waals surface area contributed by atoms with Gasteiger partial charge < -0.3 is 14.9 Å². The van der Waals surface area contributed by atoms with Crippen molar-refractivity contribution in [2.45, 2.75) is 6.54 Å². The first-order valence-electron chi connectivity index (χ1n) is 4.83. The van der Waals surface area contributed by atoms with Crippen molar-refractivity contribution in [1.29, 1.82) is 0 Å². The molecule has 0 aliphatic rings. The highest BCUT2D eigenvalue weighted by Gasteiger charge is 2.11. The third kappa shape index (κ3) is 2.96. The van der Waals surface area contributed by atoms with Gasteiger partial charge in [0, 0.05) is 9.64 Å². The second kappa shape index (κ2) is 5.17. The van der Waals surface area contributed by atoms with E-state index in [-0.39, 0.29) is 23.8 Å². The van der Waals surface area contributed by atoms with Crippen LogP contribution in [0.25, 0.3) is 0 Å². The maximum atomic E-state index is 11.8. The molecule has 1 aromatic carbocycles. The van der Waals surface area contributed by atoms with Crippen molar-refractivity contribution in [1.82, 2.24) is 10.5 Å². The summed E-state index contributed by atoms with van der Waals surface area (Å²) in [6, 6.07) is 6.49. The van der Waals surface area contributed by atoms with E-state index in [0.29, 0.717) is 5.76 Å². The van der Waals surface area contributed by atoms with Crippen LogP contribution in [0.1, 0.15) is 16.1 Å². The Labute approximate surface area is 111 Å². The minimum Gasteiger partial charge on any atom is -0.507 e. The first-order chi connectivity index (χ1) is 8.16. The molecule has 6 heteroatoms. The van der Waals surface area contributed by atoms with Crippen LogP contribution < -0.4 is 5.32 Å². The van der Waals surface area contributed by atoms with E-state index in [9.17, 15) is 9.90 Å². The quantitative estimate of drug-likeness (QED) is 0.835. The highest BCUT2D eigenvalue weighted by Crippen LogP contribution is 2.19. The third-order valence-corrected chi connectivity index (χ3v) is 2.79. The van der Waals surface area contributed by atoms with Gasteiger partial charge in [0.25, 0.3) is 5.91 Å². The van der Waals surface area contributed by atoms with E-state index in [1.165, 1.54) is 12.3 Å². The fourth-order valence-corrected chi connectivity index (χ4v) is 1.78. The van der Waals surface area contributed by atoms with Crippen LogP contribution in [0.5, 0.6) is 5.75 Å². The van der Waals surface area contributed by atoms with Crippen molar-refractivity contribution >= 4 is 28.5 Å². The lowest BCUT2D eigenvalue weighted by atomic mass is 10.2. The van der Waals surface area contributed by atoms with Crippen LogP contribution in [-0.4, -0.2) is 16.2 Å². The summed E-state index contributed by atoms with van der Waals surface area (Å²) >= 11 is 2.07. The van der Waals surface area contributed by atoms with Crippen LogP contribution in [0.2, 0.25) is 0 Å². The Bertz CT molecular complexity index is 526. The number of carbonyl (C=O) groups excluding carboxylic acids is 1. The highest BCUT2D eigenvalue weighted by molar-refractivity contribution is 14.1. The summed E-state index contributed by atoms with van der Waals surface area (Å²) in [7, 11) is 0. The van der Waals surface area contributed by atoms with Gasteiger partial charge in [0.1, 0.15) is 5.75 Å². The summed E-state index contributed by atoms with van der Waals surface area (Å²) in [5.74, 6) is 0.168. The molecule has 0 unspecified atom stereocenters. The number of carbonyl (C=O) groups is 1. The molecule has 88 valence electrons. The van der Waals surface area contributed by atoms with E-state index >= 15 is 0 Å². The molecule has 0 saturated heterocycles. The van der Waals surface area contributed by atoms with Gasteiger partial charge in [0.15, 0.2) is 5.76 Å². The number of halogens is 1. The summed E-state index contributed by atoms with van der Waals surface area (Å²) < 4.78 is 5.72. The van der Waals surface area contributed by atoms with Crippen molar-refractivity contribution in [3.05, 3.63) is 45.4 Å². The first-order valence-corrected chi connectivity index (χ1v) is 5.91. The first kappa shape index (κ1) is 11.9. The van der Waals surface area contributed by atoms with Gasteiger partial charge in [-0.15, -0.1) is 0 Å². The topological polar surface area (TPSA) is 75.4 Å². The van der Waals surface area contributed by atoms with Crippen LogP contribution in [-0.2, 0) is 6.54 Å². The lowest BCUT2D eigenvalue weighted by Gasteiger charge is -2.05. The molecule has 0 aliphatic carbocycles. The molecule has 0 saturated carbocycles. The normalized spacial score (nSPS) is 10.2. The standard InChI is InChI=1S/C11H9IN2O3/c12-7-1-2-10(15)9(5-7)11(16)13-6-8-3-4-14-17-8/h1-5,15H,6H2,(H,13,16). The minimum absolute atomic E-state index is 0.0412. The van der Waals surface area contributed by atoms with E-state index in [1.54, 1.807) is 18.2 Å². The zero-order valence-electron chi connectivity index (χ0n) is 8.68. The minimum atomic E-state index is -0.350. The van der Waals surface area contributed by atoms with Crippen molar-refractivity contribution < 1.29 is 14.4 Å². The SMILES string of the molecule is O=C(NCc1ccno1)c1cc(I)ccc1O. The van der Waals surface area contributed by atoms with E-state index in [1.807, 2.05) is 0 Å². The lowest BCUT2D eigenvalue weighted by molar-refractivity contribution is 0.0944. The number of phenolic OH excluding ortho intramolecular Hbond substituents is 1. The van der Waals surface area contributed by atoms with Crippen LogP contribution in [0.4, 0.5) is 0 Å². The van der Waals surface area contributed by atoms with Gasteiger partial charge in [-0.05, 0) is 40.8 Å². The number of amides is 1. The average Bonchev–Trinajstić information content (AvgIpc) is 2.82. The van der Waals surface area contributed by atoms with Crippen molar-refractivity contribution in [2.24, 2.45) is 0 Å². The van der Waals surface area contributed by atoms with Gasteiger partial charge >= 0.3 is 0 Å². The number of aromatic nitrogens is 1. The summed E-state index contributed by atoms with van der Waals surface area (Å²) in [4.78, 5) is 11.8. The molecule has 2 rings (SSSR count). The number of nitrogens with one attached hydrogen (secondary N) is 1. The molecule has 2 N–H and O–H groups in total. The Balaban J connectivity index is 2.07. The molecule has 0 atom stereocenters. The Kier molecular flexibility index (Phi) is 3.62. The Hall–Kier alpha value is -1.57. The second-order valence-electron chi connectivity index (χ2n) is 3.32. The fraction of sp³-hybridized carbons (Fsp3) is 0.0909. The Morgan fingerprint density at radius 2 is 2.29 bits per heavy atom. The number of hydrogen-bond acceptors (Lipinski definition) is 4. The van der Waals surface area contributed by atoms with E-state index in [0.717, 1.165) is 3.57 Å². The van der Waals surface area contributed by atoms with Gasteiger partial charge in [-0.1, -0.05) is 5.16 Å². The summed E-state index contributed by atoms with van der Waals surface area (Å²) in [6.07, 6.45) is 1.50. The zero-order valence-corrected chi connectivity index (χ0v) is 10.8. The molecule has 0 spiro atoms. The largest absolute Gasteiger partial charge is 0.507 e. The Morgan fingerprint density at radius 3 is 3.00 bits per heavy atom. The molecule has 17 heavy (non-hydrogen) atoms. The van der Waals surface area contributed by atoms with Gasteiger partial charge in [-0.25, -0.2) is 0 Å². The van der Waals surface area contributed by atoms with E-state index in [4.69, 9.17) is 4.52 Å². The maximum Gasteiger partial charge on any atom is 0.255 e. The monoisotopic (exact) mass is 344 g/mol. The predicted molar refractivity (Wildman–Crippen MR) is 68.5 cm³/mol. The molecule has 0 fully saturated rings. The second-order valence-corrected chi connectivity index (χ2v) is 4.57. The molecule has 5 nitrogen and oxygen atoms in total. The van der Waals surface area contributed by atoms with Gasteiger partial charge in [0.05, 0.1) is 18.3 Å². The van der Waals surface area contributed by atoms with Gasteiger partial charge in [0.2, 0.25) is 0 Å². The van der Waals surface area contributed by atoms with Crippen LogP contribution in [0.15, 0.2) is 35.0 Å². The number of aromatic hydroxyl groups is 1. The highest BCUT2D eigenvalue weighted by atomic mass is 127. The van der Waals surface area contributed by atoms with Crippen molar-refractivity contribution in [2.75, 3.05) is 0 Å². The molecule has 0 aliphatic heterocycles. The van der Waals surface area contributed by atoms with Gasteiger partial charge in [-0.3, -0.25) is 4.79 Å². The molecule has 0 radical (unpaired) electrons. The molecule has 1 amide bonds. The zero-order chi connectivity index (χ0) is 12.3. The number of hydrogen-bond donors (Lipinski definition) is 2. The van der Waals surface area contributed by atoms with Crippen molar-refractivity contribution in [3.63, 3.8) is 0 Å². The average molecular weight is 344 g/mol. The molecule has 1 heterocycles. The smallest absolute Gasteiger partial charge is 0.255 e. The van der Waals surface area contributed by atoms with E-state index < -0.39 is 0 Å². The Morgan fingerprint density at radius 1 is 1.47 bits per heavy atom. The molecule has 2 aromatic rings. The van der Waals surface area contributed by atoms with Crippen LogP contribution in [0.3, 0.4) is 0 Å². The lowest BCUT2D eigenvalue weighted by Crippen LogP contribution is -2.22. The summed E-state index contributed by atoms with van der Waals surface area (Å²) in [6.45, 7) is 0.240. The third-order valence-electron chi connectivity index (χ3n) is 2.12. The molecular formula is C11H9IN2O3. The molecular weight excluding hydrogens is 335 g/mol. The van der Waals surface area contributed by atoms with Gasteiger partial charge in [-0.2, -0.15) is 0 Å². The number of rotatable bonds is 3. The van der Waals surface area contributed by atoms with E-state index in [2.05, 4.69) is 33.1 Å². The summed E-state index contributed by atoms with van der Waals surface area (Å²) in [5.41, 5.74) is 0.247. The number of benzene rings is 1. The number of phenols is 1. The van der Waals surface area contributed by atoms with Crippen LogP contribution in [0, 0.1) is 3.57 Å². The summed E-state index contributed by atoms with van der Waals surface area (Å²) in [5, 5.41) is 15.7. The fourth-order valence-electron chi connectivity index (χ4n) is 1.29. The molecule has 1 aromatic heterocycles. The van der Waals surface area contributed by atoms with Crippen molar-refractivity contribution in [3.8, 4) is 5.75 Å².